The summed E-state index contributed by atoms with van der Waals surface area (Å²) in [5, 5.41) is 0.0469. The Bertz CT molecular complexity index is 664. The quantitative estimate of drug-likeness (QED) is 0.675. The van der Waals surface area contributed by atoms with Crippen LogP contribution in [-0.4, -0.2) is 12.6 Å². The van der Waals surface area contributed by atoms with Crippen LogP contribution in [0.2, 0.25) is 10.0 Å². The average Bonchev–Trinajstić information content (AvgIpc) is 2.43. The average molecular weight is 384 g/mol. The summed E-state index contributed by atoms with van der Waals surface area (Å²) < 4.78 is 23.4. The first kappa shape index (κ1) is 16.9. The summed E-state index contributed by atoms with van der Waals surface area (Å²) in [6, 6.07) is 13.0. The van der Waals surface area contributed by atoms with E-state index >= 15 is 0 Å². The second-order valence-electron chi connectivity index (χ2n) is 4.33. The molecule has 2 aromatic carbocycles. The lowest BCUT2D eigenvalue weighted by atomic mass is 10.0. The first-order chi connectivity index (χ1) is 9.82. The summed E-state index contributed by atoms with van der Waals surface area (Å²) in [7, 11) is -3.83. The highest BCUT2D eigenvalue weighted by atomic mass is 35.5. The van der Waals surface area contributed by atoms with Crippen LogP contribution in [0.3, 0.4) is 0 Å². The van der Waals surface area contributed by atoms with E-state index in [1.54, 1.807) is 48.5 Å². The van der Waals surface area contributed by atoms with Crippen molar-refractivity contribution in [1.82, 2.24) is 0 Å². The van der Waals surface area contributed by atoms with E-state index in [4.69, 9.17) is 46.4 Å². The lowest BCUT2D eigenvalue weighted by Crippen LogP contribution is -2.20. The Morgan fingerprint density at radius 1 is 0.714 bits per heavy atom. The van der Waals surface area contributed by atoms with E-state index in [1.807, 2.05) is 0 Å². The third-order valence-electron chi connectivity index (χ3n) is 2.92. The normalized spacial score (nSPS) is 12.1. The summed E-state index contributed by atoms with van der Waals surface area (Å²) in [4.78, 5) is 0. The Balaban J connectivity index is 2.60. The van der Waals surface area contributed by atoms with Crippen LogP contribution < -0.4 is 0 Å². The molecule has 21 heavy (non-hydrogen) atoms. The van der Waals surface area contributed by atoms with Gasteiger partial charge in [-0.2, -0.15) is 0 Å². The van der Waals surface area contributed by atoms with E-state index in [0.717, 1.165) is 0 Å². The van der Waals surface area contributed by atoms with Gasteiger partial charge in [-0.25, -0.2) is 8.42 Å². The number of halogens is 4. The third-order valence-corrected chi connectivity index (χ3v) is 6.61. The summed E-state index contributed by atoms with van der Waals surface area (Å²) in [5.74, 6) is 0. The number of rotatable bonds is 4. The standard InChI is InChI=1S/C14H10Cl4O2S/c15-11-5-1-9(2-6-11)13(21(19,20)14(17)18)10-3-7-12(16)8-4-10/h1-8,13-14H. The van der Waals surface area contributed by atoms with Gasteiger partial charge in [-0.05, 0) is 35.4 Å². The highest BCUT2D eigenvalue weighted by molar-refractivity contribution is 7.95. The van der Waals surface area contributed by atoms with Crippen molar-refractivity contribution in [3.05, 3.63) is 69.7 Å². The molecule has 2 nitrogen and oxygen atoms in total. The second-order valence-corrected chi connectivity index (χ2v) is 8.94. The molecule has 0 amide bonds. The molecule has 0 spiro atoms. The molecule has 7 heteroatoms. The minimum atomic E-state index is -3.83. The van der Waals surface area contributed by atoms with Crippen LogP contribution in [-0.2, 0) is 9.84 Å². The highest BCUT2D eigenvalue weighted by Crippen LogP contribution is 2.36. The first-order valence-electron chi connectivity index (χ1n) is 5.84. The van der Waals surface area contributed by atoms with Crippen LogP contribution >= 0.6 is 46.4 Å². The van der Waals surface area contributed by atoms with Crippen LogP contribution in [0.25, 0.3) is 0 Å². The van der Waals surface area contributed by atoms with E-state index < -0.39 is 19.3 Å². The fraction of sp³-hybridized carbons (Fsp3) is 0.143. The molecule has 2 aromatic rings. The largest absolute Gasteiger partial charge is 0.225 e. The molecule has 0 fully saturated rings. The molecule has 0 aliphatic heterocycles. The molecule has 2 rings (SSSR count). The zero-order valence-corrected chi connectivity index (χ0v) is 14.4. The zero-order chi connectivity index (χ0) is 15.6. The second kappa shape index (κ2) is 6.76. The molecule has 0 saturated carbocycles. The fourth-order valence-corrected chi connectivity index (χ4v) is 4.10. The Kier molecular flexibility index (Phi) is 5.44. The van der Waals surface area contributed by atoms with Crippen LogP contribution in [0, 0.1) is 0 Å². The summed E-state index contributed by atoms with van der Waals surface area (Å²) in [5.41, 5.74) is 1.07. The van der Waals surface area contributed by atoms with Crippen LogP contribution in [0.4, 0.5) is 0 Å². The van der Waals surface area contributed by atoms with Crippen molar-refractivity contribution >= 4 is 56.2 Å². The smallest absolute Gasteiger partial charge is 0.208 e. The topological polar surface area (TPSA) is 34.1 Å². The molecule has 0 N–H and O–H groups in total. The molecular formula is C14H10Cl4O2S. The van der Waals surface area contributed by atoms with Gasteiger partial charge in [0.1, 0.15) is 5.25 Å². The van der Waals surface area contributed by atoms with E-state index in [2.05, 4.69) is 0 Å². The molecule has 0 aliphatic carbocycles. The molecule has 112 valence electrons. The van der Waals surface area contributed by atoms with Crippen molar-refractivity contribution in [1.29, 1.82) is 0 Å². The molecule has 0 bridgehead atoms. The van der Waals surface area contributed by atoms with Crippen molar-refractivity contribution in [3.63, 3.8) is 0 Å². The van der Waals surface area contributed by atoms with E-state index in [1.165, 1.54) is 0 Å². The molecule has 0 aliphatic rings. The Morgan fingerprint density at radius 2 is 1.05 bits per heavy atom. The fourth-order valence-electron chi connectivity index (χ4n) is 1.95. The maximum Gasteiger partial charge on any atom is 0.208 e. The molecular weight excluding hydrogens is 374 g/mol. The monoisotopic (exact) mass is 382 g/mol. The Hall–Kier alpha value is -0.450. The number of sulfone groups is 1. The summed E-state index contributed by atoms with van der Waals surface area (Å²) in [6.07, 6.45) is 0. The minimum Gasteiger partial charge on any atom is -0.225 e. The molecule has 0 atom stereocenters. The molecule has 0 saturated heterocycles. The van der Waals surface area contributed by atoms with E-state index in [0.29, 0.717) is 21.2 Å². The predicted octanol–water partition coefficient (Wildman–Crippen LogP) is 5.26. The molecule has 0 unspecified atom stereocenters. The van der Waals surface area contributed by atoms with Crippen molar-refractivity contribution in [2.75, 3.05) is 0 Å². The minimum absolute atomic E-state index is 0.513. The van der Waals surface area contributed by atoms with E-state index in [-0.39, 0.29) is 0 Å². The lowest BCUT2D eigenvalue weighted by Gasteiger charge is -2.19. The SMILES string of the molecule is O=S(=O)(C(Cl)Cl)C(c1ccc(Cl)cc1)c1ccc(Cl)cc1. The predicted molar refractivity (Wildman–Crippen MR) is 89.2 cm³/mol. The maximum atomic E-state index is 12.5. The van der Waals surface area contributed by atoms with Crippen molar-refractivity contribution < 1.29 is 8.42 Å². The molecule has 0 radical (unpaired) electrons. The Labute approximate surface area is 143 Å². The van der Waals surface area contributed by atoms with Gasteiger partial charge in [-0.1, -0.05) is 70.7 Å². The van der Waals surface area contributed by atoms with Gasteiger partial charge in [-0.15, -0.1) is 0 Å². The van der Waals surface area contributed by atoms with Crippen LogP contribution in [0.5, 0.6) is 0 Å². The number of hydrogen-bond acceptors (Lipinski definition) is 2. The Morgan fingerprint density at radius 3 is 1.33 bits per heavy atom. The van der Waals surface area contributed by atoms with Gasteiger partial charge < -0.3 is 0 Å². The lowest BCUT2D eigenvalue weighted by molar-refractivity contribution is 0.591. The maximum absolute atomic E-state index is 12.5. The van der Waals surface area contributed by atoms with Gasteiger partial charge in [-0.3, -0.25) is 0 Å². The van der Waals surface area contributed by atoms with Gasteiger partial charge >= 0.3 is 0 Å². The first-order valence-corrected chi connectivity index (χ1v) is 9.08. The molecule has 0 aromatic heterocycles. The number of hydrogen-bond donors (Lipinski definition) is 0. The van der Waals surface area contributed by atoms with Gasteiger partial charge in [0, 0.05) is 10.0 Å². The van der Waals surface area contributed by atoms with Crippen molar-refractivity contribution in [2.45, 2.75) is 9.42 Å². The number of benzene rings is 2. The molecule has 0 heterocycles. The number of alkyl halides is 2. The zero-order valence-electron chi connectivity index (χ0n) is 10.5. The van der Waals surface area contributed by atoms with Gasteiger partial charge in [0.15, 0.2) is 9.84 Å². The van der Waals surface area contributed by atoms with E-state index in [9.17, 15) is 8.42 Å². The van der Waals surface area contributed by atoms with Gasteiger partial charge in [0.05, 0.1) is 0 Å². The van der Waals surface area contributed by atoms with Crippen molar-refractivity contribution in [2.24, 2.45) is 0 Å². The van der Waals surface area contributed by atoms with Gasteiger partial charge in [0.2, 0.25) is 4.17 Å². The van der Waals surface area contributed by atoms with Crippen LogP contribution in [0.1, 0.15) is 16.4 Å². The third kappa shape index (κ3) is 3.85. The summed E-state index contributed by atoms with van der Waals surface area (Å²) >= 11 is 23.0. The summed E-state index contributed by atoms with van der Waals surface area (Å²) in [6.45, 7) is 0. The highest BCUT2D eigenvalue weighted by Gasteiger charge is 2.34. The van der Waals surface area contributed by atoms with Crippen molar-refractivity contribution in [3.8, 4) is 0 Å². The van der Waals surface area contributed by atoms with Crippen LogP contribution in [0.15, 0.2) is 48.5 Å². The van der Waals surface area contributed by atoms with Gasteiger partial charge in [0.25, 0.3) is 0 Å².